The molecule has 0 spiro atoms. The molecule has 1 fully saturated rings. The lowest BCUT2D eigenvalue weighted by atomic mass is 10.1. The van der Waals surface area contributed by atoms with Crippen LogP contribution in [0.4, 0.5) is 0 Å². The number of carbonyl (C=O) groups is 1. The van der Waals surface area contributed by atoms with E-state index < -0.39 is 0 Å². The quantitative estimate of drug-likeness (QED) is 0.667. The minimum absolute atomic E-state index is 0.00268. The topological polar surface area (TPSA) is 56.6 Å². The smallest absolute Gasteiger partial charge is 0.257 e. The summed E-state index contributed by atoms with van der Waals surface area (Å²) >= 11 is 3.46. The normalized spacial score (nSPS) is 15.1. The van der Waals surface area contributed by atoms with E-state index in [4.69, 9.17) is 10.00 Å². The zero-order valence-corrected chi connectivity index (χ0v) is 18.5. The van der Waals surface area contributed by atoms with E-state index in [1.165, 1.54) is 5.56 Å². The highest BCUT2D eigenvalue weighted by Crippen LogP contribution is 2.26. The van der Waals surface area contributed by atoms with Crippen molar-refractivity contribution in [2.75, 3.05) is 26.2 Å². The van der Waals surface area contributed by atoms with E-state index in [0.29, 0.717) is 23.4 Å². The molecule has 6 heteroatoms. The third-order valence-electron chi connectivity index (χ3n) is 4.90. The lowest BCUT2D eigenvalue weighted by Gasteiger charge is -2.23. The van der Waals surface area contributed by atoms with E-state index in [0.717, 1.165) is 37.1 Å². The highest BCUT2D eigenvalue weighted by molar-refractivity contribution is 9.10. The van der Waals surface area contributed by atoms with E-state index in [2.05, 4.69) is 26.9 Å². The number of rotatable bonds is 5. The van der Waals surface area contributed by atoms with Crippen molar-refractivity contribution in [2.45, 2.75) is 32.9 Å². The Morgan fingerprint density at radius 2 is 1.90 bits per heavy atom. The molecule has 0 aliphatic carbocycles. The molecule has 1 aliphatic heterocycles. The molecule has 1 aliphatic rings. The van der Waals surface area contributed by atoms with Gasteiger partial charge in [0.2, 0.25) is 0 Å². The zero-order valence-electron chi connectivity index (χ0n) is 16.9. The summed E-state index contributed by atoms with van der Waals surface area (Å²) in [6.07, 6.45) is 0.932. The Morgan fingerprint density at radius 1 is 1.14 bits per heavy atom. The maximum atomic E-state index is 13.2. The van der Waals surface area contributed by atoms with Crippen LogP contribution in [0.2, 0.25) is 0 Å². The Morgan fingerprint density at radius 3 is 2.59 bits per heavy atom. The molecule has 5 nitrogen and oxygen atoms in total. The first-order valence-corrected chi connectivity index (χ1v) is 10.7. The van der Waals surface area contributed by atoms with Crippen molar-refractivity contribution >= 4 is 21.8 Å². The molecule has 0 unspecified atom stereocenters. The molecule has 0 aromatic heterocycles. The van der Waals surface area contributed by atoms with Crippen LogP contribution >= 0.6 is 15.9 Å². The first-order chi connectivity index (χ1) is 14.0. The number of nitriles is 1. The van der Waals surface area contributed by atoms with Gasteiger partial charge in [-0.25, -0.2) is 0 Å². The fourth-order valence-corrected chi connectivity index (χ4v) is 3.81. The molecule has 29 heavy (non-hydrogen) atoms. The SMILES string of the molecule is CC(C)Oc1cc(Br)ccc1C(=O)N1CCCN(Cc2ccc(C#N)cc2)CC1. The molecular formula is C23H26BrN3O2. The van der Waals surface area contributed by atoms with Crippen LogP contribution in [0, 0.1) is 11.3 Å². The van der Waals surface area contributed by atoms with Gasteiger partial charge in [-0.3, -0.25) is 9.69 Å². The number of benzene rings is 2. The molecular weight excluding hydrogens is 430 g/mol. The van der Waals surface area contributed by atoms with Crippen molar-refractivity contribution < 1.29 is 9.53 Å². The predicted octanol–water partition coefficient (Wildman–Crippen LogP) is 4.46. The van der Waals surface area contributed by atoms with Crippen LogP contribution in [0.5, 0.6) is 5.75 Å². The average Bonchev–Trinajstić information content (AvgIpc) is 2.93. The second kappa shape index (κ2) is 9.91. The van der Waals surface area contributed by atoms with Crippen molar-refractivity contribution in [3.63, 3.8) is 0 Å². The van der Waals surface area contributed by atoms with Crippen molar-refractivity contribution in [3.05, 3.63) is 63.6 Å². The number of carbonyl (C=O) groups excluding carboxylic acids is 1. The van der Waals surface area contributed by atoms with Crippen molar-refractivity contribution in [1.82, 2.24) is 9.80 Å². The van der Waals surface area contributed by atoms with Gasteiger partial charge in [0.15, 0.2) is 0 Å². The molecule has 152 valence electrons. The Kier molecular flexibility index (Phi) is 7.29. The maximum Gasteiger partial charge on any atom is 0.257 e. The van der Waals surface area contributed by atoms with Gasteiger partial charge in [-0.05, 0) is 56.2 Å². The molecule has 1 heterocycles. The first kappa shape index (κ1) is 21.4. The van der Waals surface area contributed by atoms with Gasteiger partial charge in [0, 0.05) is 37.2 Å². The number of nitrogens with zero attached hydrogens (tertiary/aromatic N) is 3. The zero-order chi connectivity index (χ0) is 20.8. The predicted molar refractivity (Wildman–Crippen MR) is 117 cm³/mol. The lowest BCUT2D eigenvalue weighted by Crippen LogP contribution is -2.35. The highest BCUT2D eigenvalue weighted by Gasteiger charge is 2.23. The molecule has 2 aromatic carbocycles. The van der Waals surface area contributed by atoms with E-state index >= 15 is 0 Å². The molecule has 1 amide bonds. The van der Waals surface area contributed by atoms with Gasteiger partial charge in [0.1, 0.15) is 5.75 Å². The van der Waals surface area contributed by atoms with Crippen molar-refractivity contribution in [3.8, 4) is 11.8 Å². The summed E-state index contributed by atoms with van der Waals surface area (Å²) in [5, 5.41) is 8.94. The van der Waals surface area contributed by atoms with Gasteiger partial charge in [-0.15, -0.1) is 0 Å². The number of hydrogen-bond acceptors (Lipinski definition) is 4. The van der Waals surface area contributed by atoms with Crippen LogP contribution in [0.25, 0.3) is 0 Å². The van der Waals surface area contributed by atoms with E-state index in [9.17, 15) is 4.79 Å². The largest absolute Gasteiger partial charge is 0.490 e. The Bertz CT molecular complexity index is 890. The summed E-state index contributed by atoms with van der Waals surface area (Å²) in [5.74, 6) is 0.645. The summed E-state index contributed by atoms with van der Waals surface area (Å²) in [6, 6.07) is 15.5. The Hall–Kier alpha value is -2.36. The number of amides is 1. The molecule has 2 aromatic rings. The van der Waals surface area contributed by atoms with Crippen LogP contribution in [-0.4, -0.2) is 48.0 Å². The lowest BCUT2D eigenvalue weighted by molar-refractivity contribution is 0.0755. The van der Waals surface area contributed by atoms with E-state index in [1.54, 1.807) is 0 Å². The third-order valence-corrected chi connectivity index (χ3v) is 5.39. The van der Waals surface area contributed by atoms with Gasteiger partial charge in [-0.1, -0.05) is 28.1 Å². The molecule has 3 rings (SSSR count). The monoisotopic (exact) mass is 455 g/mol. The fourth-order valence-electron chi connectivity index (χ4n) is 3.47. The van der Waals surface area contributed by atoms with Gasteiger partial charge in [0.05, 0.1) is 23.3 Å². The third kappa shape index (κ3) is 5.81. The molecule has 0 N–H and O–H groups in total. The van der Waals surface area contributed by atoms with Gasteiger partial charge < -0.3 is 9.64 Å². The summed E-state index contributed by atoms with van der Waals surface area (Å²) in [4.78, 5) is 17.5. The first-order valence-electron chi connectivity index (χ1n) is 9.93. The summed E-state index contributed by atoms with van der Waals surface area (Å²) in [7, 11) is 0. The van der Waals surface area contributed by atoms with Crippen molar-refractivity contribution in [1.29, 1.82) is 5.26 Å². The minimum atomic E-state index is 0.00268. The second-order valence-electron chi connectivity index (χ2n) is 7.54. The van der Waals surface area contributed by atoms with Crippen molar-refractivity contribution in [2.24, 2.45) is 0 Å². The van der Waals surface area contributed by atoms with Gasteiger partial charge in [0.25, 0.3) is 5.91 Å². The number of ether oxygens (including phenoxy) is 1. The summed E-state index contributed by atoms with van der Waals surface area (Å²) < 4.78 is 6.77. The van der Waals surface area contributed by atoms with Gasteiger partial charge >= 0.3 is 0 Å². The van der Waals surface area contributed by atoms with Gasteiger partial charge in [-0.2, -0.15) is 5.26 Å². The van der Waals surface area contributed by atoms with E-state index in [-0.39, 0.29) is 12.0 Å². The Balaban J connectivity index is 1.66. The number of halogens is 1. The fraction of sp³-hybridized carbons (Fsp3) is 0.391. The highest BCUT2D eigenvalue weighted by atomic mass is 79.9. The summed E-state index contributed by atoms with van der Waals surface area (Å²) in [6.45, 7) is 7.94. The Labute approximate surface area is 181 Å². The van der Waals surface area contributed by atoms with E-state index in [1.807, 2.05) is 61.2 Å². The molecule has 0 bridgehead atoms. The average molecular weight is 456 g/mol. The standard InChI is InChI=1S/C23H26BrN3O2/c1-17(2)29-22-14-20(24)8-9-21(22)23(28)27-11-3-10-26(12-13-27)16-19-6-4-18(15-25)5-7-19/h4-9,14,17H,3,10-13,16H2,1-2H3. The molecule has 0 saturated carbocycles. The van der Waals surface area contributed by atoms with Crippen LogP contribution in [0.15, 0.2) is 46.9 Å². The molecule has 0 atom stereocenters. The molecule has 0 radical (unpaired) electrons. The maximum absolute atomic E-state index is 13.2. The van der Waals surface area contributed by atoms with Crippen LogP contribution in [0.3, 0.4) is 0 Å². The van der Waals surface area contributed by atoms with Crippen LogP contribution in [-0.2, 0) is 6.54 Å². The summed E-state index contributed by atoms with van der Waals surface area (Å²) in [5.41, 5.74) is 2.47. The van der Waals surface area contributed by atoms with Crippen LogP contribution in [0.1, 0.15) is 41.8 Å². The minimum Gasteiger partial charge on any atom is -0.490 e. The second-order valence-corrected chi connectivity index (χ2v) is 8.45. The number of hydrogen-bond donors (Lipinski definition) is 0. The molecule has 1 saturated heterocycles. The van der Waals surface area contributed by atoms with Crippen LogP contribution < -0.4 is 4.74 Å².